The van der Waals surface area contributed by atoms with E-state index in [4.69, 9.17) is 4.42 Å². The second kappa shape index (κ2) is 5.78. The van der Waals surface area contributed by atoms with Gasteiger partial charge in [0.15, 0.2) is 0 Å². The molecule has 2 aromatic carbocycles. The van der Waals surface area contributed by atoms with Gasteiger partial charge in [-0.2, -0.15) is 0 Å². The van der Waals surface area contributed by atoms with Crippen LogP contribution in [0.2, 0.25) is 0 Å². The molecule has 0 fully saturated rings. The molecule has 0 atom stereocenters. The first-order valence-electron chi connectivity index (χ1n) is 7.69. The molecule has 0 amide bonds. The van der Waals surface area contributed by atoms with E-state index in [1.165, 1.54) is 41.4 Å². The van der Waals surface area contributed by atoms with Crippen molar-refractivity contribution >= 4 is 22.7 Å². The summed E-state index contributed by atoms with van der Waals surface area (Å²) >= 11 is 1.72. The van der Waals surface area contributed by atoms with Crippen LogP contribution < -0.4 is 5.63 Å². The van der Waals surface area contributed by atoms with E-state index in [2.05, 4.69) is 18.2 Å². The van der Waals surface area contributed by atoms with Crippen molar-refractivity contribution in [3.05, 3.63) is 69.6 Å². The lowest BCUT2D eigenvalue weighted by Gasteiger charge is -2.07. The number of aromatic hydroxyl groups is 1. The number of thioether (sulfide) groups is 1. The van der Waals surface area contributed by atoms with Gasteiger partial charge >= 0.3 is 5.63 Å². The summed E-state index contributed by atoms with van der Waals surface area (Å²) in [6.07, 6.45) is 3.60. The van der Waals surface area contributed by atoms with Crippen LogP contribution in [0.25, 0.3) is 11.0 Å². The third-order valence-electron chi connectivity index (χ3n) is 4.28. The van der Waals surface area contributed by atoms with Crippen LogP contribution in [0.3, 0.4) is 0 Å². The summed E-state index contributed by atoms with van der Waals surface area (Å²) in [6, 6.07) is 13.1. The van der Waals surface area contributed by atoms with E-state index >= 15 is 0 Å². The highest BCUT2D eigenvalue weighted by Crippen LogP contribution is 2.31. The molecule has 0 saturated heterocycles. The van der Waals surface area contributed by atoms with Crippen molar-refractivity contribution in [2.24, 2.45) is 0 Å². The standard InChI is InChI=1S/C19H16O3S/c20-15-5-7-17-14(9-19(21)22-18(17)10-15)11-23-16-6-4-12-2-1-3-13(12)8-16/h4-10,20H,1-3,11H2. The molecule has 4 rings (SSSR count). The first kappa shape index (κ1) is 14.4. The zero-order valence-corrected chi connectivity index (χ0v) is 13.4. The molecule has 3 aromatic rings. The first-order valence-corrected chi connectivity index (χ1v) is 8.68. The Morgan fingerprint density at radius 2 is 1.91 bits per heavy atom. The number of fused-ring (bicyclic) bond motifs is 2. The minimum Gasteiger partial charge on any atom is -0.508 e. The Morgan fingerprint density at radius 1 is 1.04 bits per heavy atom. The maximum absolute atomic E-state index is 11.7. The Balaban J connectivity index is 1.64. The fourth-order valence-corrected chi connectivity index (χ4v) is 4.09. The molecule has 0 aliphatic heterocycles. The largest absolute Gasteiger partial charge is 0.508 e. The van der Waals surface area contributed by atoms with Crippen LogP contribution in [-0.2, 0) is 18.6 Å². The van der Waals surface area contributed by atoms with Gasteiger partial charge in [-0.15, -0.1) is 11.8 Å². The zero-order valence-electron chi connectivity index (χ0n) is 12.5. The minimum atomic E-state index is -0.382. The molecular formula is C19H16O3S. The van der Waals surface area contributed by atoms with Crippen molar-refractivity contribution < 1.29 is 9.52 Å². The van der Waals surface area contributed by atoms with Gasteiger partial charge in [-0.3, -0.25) is 0 Å². The summed E-state index contributed by atoms with van der Waals surface area (Å²) in [7, 11) is 0. The molecule has 116 valence electrons. The summed E-state index contributed by atoms with van der Waals surface area (Å²) in [5.74, 6) is 0.801. The molecule has 4 heteroatoms. The van der Waals surface area contributed by atoms with Crippen LogP contribution in [0.15, 0.2) is 56.6 Å². The predicted octanol–water partition coefficient (Wildman–Crippen LogP) is 4.28. The second-order valence-corrected chi connectivity index (χ2v) is 6.89. The lowest BCUT2D eigenvalue weighted by atomic mass is 10.1. The zero-order chi connectivity index (χ0) is 15.8. The molecule has 1 aliphatic carbocycles. The molecule has 0 radical (unpaired) electrons. The summed E-state index contributed by atoms with van der Waals surface area (Å²) < 4.78 is 5.17. The third-order valence-corrected chi connectivity index (χ3v) is 5.32. The highest BCUT2D eigenvalue weighted by molar-refractivity contribution is 7.98. The Bertz CT molecular complexity index is 943. The minimum absolute atomic E-state index is 0.101. The maximum atomic E-state index is 11.7. The number of benzene rings is 2. The highest BCUT2D eigenvalue weighted by atomic mass is 32.2. The van der Waals surface area contributed by atoms with Gasteiger partial charge in [0.1, 0.15) is 11.3 Å². The average Bonchev–Trinajstić information content (AvgIpc) is 2.99. The van der Waals surface area contributed by atoms with Gasteiger partial charge in [-0.05, 0) is 60.2 Å². The molecule has 1 N–H and O–H groups in total. The van der Waals surface area contributed by atoms with Gasteiger partial charge in [0.2, 0.25) is 0 Å². The van der Waals surface area contributed by atoms with Crippen LogP contribution in [0.4, 0.5) is 0 Å². The van der Waals surface area contributed by atoms with Gasteiger partial charge in [-0.1, -0.05) is 6.07 Å². The Labute approximate surface area is 138 Å². The van der Waals surface area contributed by atoms with Crippen LogP contribution in [-0.4, -0.2) is 5.11 Å². The summed E-state index contributed by atoms with van der Waals surface area (Å²) in [4.78, 5) is 13.0. The van der Waals surface area contributed by atoms with Crippen LogP contribution >= 0.6 is 11.8 Å². The number of hydrogen-bond donors (Lipinski definition) is 1. The molecule has 1 heterocycles. The van der Waals surface area contributed by atoms with Gasteiger partial charge in [-0.25, -0.2) is 4.79 Å². The Morgan fingerprint density at radius 3 is 2.83 bits per heavy atom. The summed E-state index contributed by atoms with van der Waals surface area (Å²) in [5.41, 5.74) is 3.91. The molecule has 0 saturated carbocycles. The van der Waals surface area contributed by atoms with E-state index < -0.39 is 0 Å². The van der Waals surface area contributed by atoms with Gasteiger partial charge < -0.3 is 9.52 Å². The van der Waals surface area contributed by atoms with Crippen molar-refractivity contribution in [2.75, 3.05) is 0 Å². The van der Waals surface area contributed by atoms with Crippen molar-refractivity contribution in [3.63, 3.8) is 0 Å². The molecule has 23 heavy (non-hydrogen) atoms. The van der Waals surface area contributed by atoms with Gasteiger partial charge in [0, 0.05) is 28.2 Å². The predicted molar refractivity (Wildman–Crippen MR) is 92.2 cm³/mol. The number of rotatable bonds is 3. The van der Waals surface area contributed by atoms with E-state index in [1.54, 1.807) is 30.0 Å². The van der Waals surface area contributed by atoms with Crippen LogP contribution in [0, 0.1) is 0 Å². The topological polar surface area (TPSA) is 50.4 Å². The average molecular weight is 324 g/mol. The molecule has 0 unspecified atom stereocenters. The Kier molecular flexibility index (Phi) is 3.62. The van der Waals surface area contributed by atoms with E-state index in [1.807, 2.05) is 0 Å². The van der Waals surface area contributed by atoms with Gasteiger partial charge in [0.05, 0.1) is 0 Å². The van der Waals surface area contributed by atoms with E-state index in [9.17, 15) is 9.90 Å². The lowest BCUT2D eigenvalue weighted by Crippen LogP contribution is -1.99. The fraction of sp³-hybridized carbons (Fsp3) is 0.211. The van der Waals surface area contributed by atoms with Crippen molar-refractivity contribution in [1.29, 1.82) is 0 Å². The number of aryl methyl sites for hydroxylation is 2. The first-order chi connectivity index (χ1) is 11.2. The van der Waals surface area contributed by atoms with E-state index in [0.717, 1.165) is 10.9 Å². The molecule has 0 spiro atoms. The summed E-state index contributed by atoms with van der Waals surface area (Å²) in [5, 5.41) is 10.4. The second-order valence-electron chi connectivity index (χ2n) is 5.84. The monoisotopic (exact) mass is 324 g/mol. The number of phenols is 1. The van der Waals surface area contributed by atoms with Crippen LogP contribution in [0.5, 0.6) is 5.75 Å². The molecule has 1 aliphatic rings. The fourth-order valence-electron chi connectivity index (χ4n) is 3.14. The quantitative estimate of drug-likeness (QED) is 0.577. The Hall–Kier alpha value is -2.20. The van der Waals surface area contributed by atoms with E-state index in [-0.39, 0.29) is 11.4 Å². The smallest absolute Gasteiger partial charge is 0.336 e. The van der Waals surface area contributed by atoms with Crippen molar-refractivity contribution in [3.8, 4) is 5.75 Å². The highest BCUT2D eigenvalue weighted by Gasteiger charge is 2.12. The molecular weight excluding hydrogens is 308 g/mol. The molecule has 1 aromatic heterocycles. The molecule has 0 bridgehead atoms. The van der Waals surface area contributed by atoms with Crippen molar-refractivity contribution in [1.82, 2.24) is 0 Å². The normalized spacial score (nSPS) is 13.4. The molecule has 3 nitrogen and oxygen atoms in total. The number of phenolic OH excluding ortho intramolecular Hbond substituents is 1. The van der Waals surface area contributed by atoms with Gasteiger partial charge in [0.25, 0.3) is 0 Å². The van der Waals surface area contributed by atoms with E-state index in [0.29, 0.717) is 11.3 Å². The van der Waals surface area contributed by atoms with Crippen molar-refractivity contribution in [2.45, 2.75) is 29.9 Å². The lowest BCUT2D eigenvalue weighted by molar-refractivity contribution is 0.473. The SMILES string of the molecule is O=c1cc(CSc2ccc3c(c2)CCC3)c2ccc(O)cc2o1. The third kappa shape index (κ3) is 2.86. The van der Waals surface area contributed by atoms with Crippen LogP contribution in [0.1, 0.15) is 23.1 Å². The number of hydrogen-bond acceptors (Lipinski definition) is 4. The summed E-state index contributed by atoms with van der Waals surface area (Å²) in [6.45, 7) is 0. The maximum Gasteiger partial charge on any atom is 0.336 e.